The summed E-state index contributed by atoms with van der Waals surface area (Å²) in [6.45, 7) is 0. The van der Waals surface area contributed by atoms with Crippen molar-refractivity contribution in [2.75, 3.05) is 11.0 Å². The highest BCUT2D eigenvalue weighted by molar-refractivity contribution is 7.92. The highest BCUT2D eigenvalue weighted by atomic mass is 32.2. The summed E-state index contributed by atoms with van der Waals surface area (Å²) in [7, 11) is -3.42. The molecule has 6 heterocycles. The minimum atomic E-state index is -3.42. The van der Waals surface area contributed by atoms with Gasteiger partial charge in [0.25, 0.3) is 0 Å². The Morgan fingerprint density at radius 2 is 1.69 bits per heavy atom. The smallest absolute Gasteiger partial charge is 0.229 e. The van der Waals surface area contributed by atoms with Crippen LogP contribution < -0.4 is 4.72 Å². The summed E-state index contributed by atoms with van der Waals surface area (Å²) < 4.78 is 25.6. The lowest BCUT2D eigenvalue weighted by Crippen LogP contribution is -2.09. The predicted octanol–water partition coefficient (Wildman–Crippen LogP) is 3.39. The molecular formula is C23H17N9O2S. The molecule has 35 heavy (non-hydrogen) atoms. The third-order valence-corrected chi connectivity index (χ3v) is 6.00. The summed E-state index contributed by atoms with van der Waals surface area (Å²) >= 11 is 0. The molecule has 0 aliphatic carbocycles. The number of sulfonamides is 1. The Morgan fingerprint density at radius 3 is 2.51 bits per heavy atom. The van der Waals surface area contributed by atoms with E-state index in [0.29, 0.717) is 34.1 Å². The first-order chi connectivity index (χ1) is 16.9. The average molecular weight is 484 g/mol. The fourth-order valence-corrected chi connectivity index (χ4v) is 4.44. The van der Waals surface area contributed by atoms with E-state index in [1.807, 2.05) is 24.3 Å². The molecule has 0 amide bonds. The maximum absolute atomic E-state index is 11.6. The molecule has 0 radical (unpaired) electrons. The van der Waals surface area contributed by atoms with Gasteiger partial charge in [0.15, 0.2) is 17.1 Å². The number of H-pyrrole nitrogens is 2. The van der Waals surface area contributed by atoms with Gasteiger partial charge in [0.1, 0.15) is 11.2 Å². The van der Waals surface area contributed by atoms with Gasteiger partial charge in [0.05, 0.1) is 23.5 Å². The number of fused-ring (bicyclic) bond motifs is 2. The first-order valence-corrected chi connectivity index (χ1v) is 12.4. The van der Waals surface area contributed by atoms with Crippen molar-refractivity contribution in [3.63, 3.8) is 0 Å². The molecule has 0 atom stereocenters. The molecule has 0 aliphatic heterocycles. The van der Waals surface area contributed by atoms with E-state index in [0.717, 1.165) is 33.8 Å². The number of aromatic amines is 2. The van der Waals surface area contributed by atoms with Gasteiger partial charge in [-0.25, -0.2) is 23.4 Å². The van der Waals surface area contributed by atoms with Crippen LogP contribution in [-0.4, -0.2) is 54.8 Å². The second-order valence-electron chi connectivity index (χ2n) is 7.91. The summed E-state index contributed by atoms with van der Waals surface area (Å²) in [6.07, 6.45) is 11.1. The first kappa shape index (κ1) is 20.9. The van der Waals surface area contributed by atoms with Crippen LogP contribution in [0.2, 0.25) is 0 Å². The SMILES string of the molecule is CS(=O)(=O)Nc1cncc(-c2cnc3[nH]nc(-c4nc5c(-c6ccncc6)ccnc5[nH]4)c3c2)c1. The highest BCUT2D eigenvalue weighted by Gasteiger charge is 2.17. The van der Waals surface area contributed by atoms with Gasteiger partial charge in [0, 0.05) is 47.7 Å². The lowest BCUT2D eigenvalue weighted by Gasteiger charge is -2.06. The number of aromatic nitrogens is 8. The van der Waals surface area contributed by atoms with Crippen LogP contribution in [0.4, 0.5) is 5.69 Å². The van der Waals surface area contributed by atoms with Crippen molar-refractivity contribution >= 4 is 37.9 Å². The second kappa shape index (κ2) is 7.95. The summed E-state index contributed by atoms with van der Waals surface area (Å²) in [5, 5.41) is 8.12. The van der Waals surface area contributed by atoms with E-state index in [-0.39, 0.29) is 0 Å². The largest absolute Gasteiger partial charge is 0.321 e. The Morgan fingerprint density at radius 1 is 0.857 bits per heavy atom. The van der Waals surface area contributed by atoms with Crippen molar-refractivity contribution in [1.29, 1.82) is 0 Å². The third kappa shape index (κ3) is 3.95. The van der Waals surface area contributed by atoms with Gasteiger partial charge in [-0.3, -0.25) is 19.8 Å². The number of nitrogens with one attached hydrogen (secondary N) is 3. The zero-order valence-electron chi connectivity index (χ0n) is 18.3. The quantitative estimate of drug-likeness (QED) is 0.337. The fourth-order valence-electron chi connectivity index (χ4n) is 3.90. The van der Waals surface area contributed by atoms with Gasteiger partial charge in [-0.2, -0.15) is 5.10 Å². The molecule has 11 nitrogen and oxygen atoms in total. The van der Waals surface area contributed by atoms with Crippen LogP contribution in [0.3, 0.4) is 0 Å². The molecule has 172 valence electrons. The molecule has 3 N–H and O–H groups in total. The molecule has 0 unspecified atom stereocenters. The number of imidazole rings is 1. The third-order valence-electron chi connectivity index (χ3n) is 5.39. The van der Waals surface area contributed by atoms with Crippen molar-refractivity contribution in [2.24, 2.45) is 0 Å². The van der Waals surface area contributed by atoms with Gasteiger partial charge in [-0.05, 0) is 35.9 Å². The van der Waals surface area contributed by atoms with E-state index >= 15 is 0 Å². The summed E-state index contributed by atoms with van der Waals surface area (Å²) in [5.74, 6) is 0.546. The van der Waals surface area contributed by atoms with Gasteiger partial charge in [-0.15, -0.1) is 0 Å². The number of nitrogens with zero attached hydrogens (tertiary/aromatic N) is 6. The van der Waals surface area contributed by atoms with Crippen LogP contribution in [0.25, 0.3) is 56.0 Å². The Kier molecular flexibility index (Phi) is 4.74. The zero-order valence-corrected chi connectivity index (χ0v) is 19.1. The number of pyridine rings is 4. The maximum Gasteiger partial charge on any atom is 0.229 e. The summed E-state index contributed by atoms with van der Waals surface area (Å²) in [4.78, 5) is 25.2. The topological polar surface area (TPSA) is 155 Å². The van der Waals surface area contributed by atoms with Crippen LogP contribution in [0.1, 0.15) is 0 Å². The number of hydrogen-bond donors (Lipinski definition) is 3. The maximum atomic E-state index is 11.6. The molecule has 0 fully saturated rings. The van der Waals surface area contributed by atoms with Crippen molar-refractivity contribution in [1.82, 2.24) is 40.1 Å². The number of anilines is 1. The standard InChI is InChI=1S/C23H17N9O2S/c1-35(33,34)32-16-8-14(10-25-12-16)15-9-18-20(30-31-21(18)27-11-15)23-28-19-17(4-7-26-22(19)29-23)13-2-5-24-6-3-13/h2-12,32H,1H3,(H,26,28,29)(H,27,30,31). The molecule has 6 aromatic heterocycles. The van der Waals surface area contributed by atoms with Crippen molar-refractivity contribution < 1.29 is 8.42 Å². The molecule has 0 aliphatic rings. The van der Waals surface area contributed by atoms with Gasteiger partial charge >= 0.3 is 0 Å². The first-order valence-electron chi connectivity index (χ1n) is 10.5. The fraction of sp³-hybridized carbons (Fsp3) is 0.0435. The minimum Gasteiger partial charge on any atom is -0.321 e. The lowest BCUT2D eigenvalue weighted by molar-refractivity contribution is 0.607. The molecule has 6 rings (SSSR count). The van der Waals surface area contributed by atoms with Crippen molar-refractivity contribution in [3.8, 4) is 33.8 Å². The molecule has 0 aromatic carbocycles. The molecule has 12 heteroatoms. The van der Waals surface area contributed by atoms with E-state index < -0.39 is 10.0 Å². The van der Waals surface area contributed by atoms with E-state index in [4.69, 9.17) is 4.98 Å². The Hall–Kier alpha value is -4.71. The van der Waals surface area contributed by atoms with Crippen molar-refractivity contribution in [3.05, 3.63) is 67.5 Å². The predicted molar refractivity (Wildman–Crippen MR) is 132 cm³/mol. The lowest BCUT2D eigenvalue weighted by atomic mass is 10.1. The van der Waals surface area contributed by atoms with Crippen LogP contribution in [0.15, 0.2) is 67.5 Å². The monoisotopic (exact) mass is 483 g/mol. The number of rotatable bonds is 5. The van der Waals surface area contributed by atoms with Crippen LogP contribution in [0.5, 0.6) is 0 Å². The van der Waals surface area contributed by atoms with E-state index in [9.17, 15) is 8.42 Å². The Labute approximate surface area is 198 Å². The molecule has 0 bridgehead atoms. The summed E-state index contributed by atoms with van der Waals surface area (Å²) in [5.41, 5.74) is 6.26. The highest BCUT2D eigenvalue weighted by Crippen LogP contribution is 2.32. The van der Waals surface area contributed by atoms with Crippen molar-refractivity contribution in [2.45, 2.75) is 0 Å². The van der Waals surface area contributed by atoms with E-state index in [1.54, 1.807) is 37.1 Å². The average Bonchev–Trinajstić information content (AvgIpc) is 3.47. The van der Waals surface area contributed by atoms with Crippen LogP contribution in [0, 0.1) is 0 Å². The molecule has 0 saturated carbocycles. The molecule has 0 spiro atoms. The molecule has 6 aromatic rings. The van der Waals surface area contributed by atoms with Gasteiger partial charge in [-0.1, -0.05) is 0 Å². The van der Waals surface area contributed by atoms with E-state index in [1.165, 1.54) is 6.20 Å². The minimum absolute atomic E-state index is 0.365. The zero-order chi connectivity index (χ0) is 24.0. The van der Waals surface area contributed by atoms with Crippen LogP contribution in [-0.2, 0) is 10.0 Å². The number of hydrogen-bond acceptors (Lipinski definition) is 8. The van der Waals surface area contributed by atoms with Gasteiger partial charge < -0.3 is 4.98 Å². The molecular weight excluding hydrogens is 466 g/mol. The van der Waals surface area contributed by atoms with E-state index in [2.05, 4.69) is 39.8 Å². The molecule has 0 saturated heterocycles. The van der Waals surface area contributed by atoms with Crippen LogP contribution >= 0.6 is 0 Å². The Balaban J connectivity index is 1.45. The normalized spacial score (nSPS) is 11.8. The Bertz CT molecular complexity index is 1810. The van der Waals surface area contributed by atoms with Gasteiger partial charge in [0.2, 0.25) is 10.0 Å². The second-order valence-corrected chi connectivity index (χ2v) is 9.65. The summed E-state index contributed by atoms with van der Waals surface area (Å²) in [6, 6.07) is 9.36.